The molecule has 0 spiro atoms. The summed E-state index contributed by atoms with van der Waals surface area (Å²) in [6.45, 7) is 3.15. The molecule has 7 heteroatoms. The van der Waals surface area contributed by atoms with Crippen LogP contribution in [0.2, 0.25) is 0 Å². The lowest BCUT2D eigenvalue weighted by Crippen LogP contribution is -2.45. The Morgan fingerprint density at radius 1 is 0.825 bits per heavy atom. The maximum absolute atomic E-state index is 13.7. The number of carbonyl (C=O) groups is 2. The predicted octanol–water partition coefficient (Wildman–Crippen LogP) is 6.98. The van der Waals surface area contributed by atoms with Crippen LogP contribution in [-0.4, -0.2) is 46.4 Å². The second-order valence-corrected chi connectivity index (χ2v) is 9.93. The van der Waals surface area contributed by atoms with Gasteiger partial charge in [-0.05, 0) is 53.6 Å². The quantitative estimate of drug-likeness (QED) is 0.202. The molecule has 0 bridgehead atoms. The number of anilines is 1. The summed E-state index contributed by atoms with van der Waals surface area (Å²) in [6.07, 6.45) is 3.34. The summed E-state index contributed by atoms with van der Waals surface area (Å²) in [4.78, 5) is 33.7. The summed E-state index contributed by atoms with van der Waals surface area (Å²) in [7, 11) is 0. The van der Waals surface area contributed by atoms with Gasteiger partial charge >= 0.3 is 6.03 Å². The Morgan fingerprint density at radius 2 is 1.55 bits per heavy atom. The van der Waals surface area contributed by atoms with Crippen LogP contribution in [0.25, 0.3) is 21.7 Å². The van der Waals surface area contributed by atoms with E-state index in [9.17, 15) is 14.0 Å². The zero-order valence-corrected chi connectivity index (χ0v) is 22.6. The molecule has 5 rings (SSSR count). The minimum absolute atomic E-state index is 0.0560. The molecule has 2 N–H and O–H groups in total. The Hall–Kier alpha value is -4.65. The Bertz CT molecular complexity index is 1610. The highest BCUT2D eigenvalue weighted by molar-refractivity contribution is 6.02. The molecular formula is C33H33FN4O2. The van der Waals surface area contributed by atoms with Gasteiger partial charge in [0.2, 0.25) is 5.91 Å². The largest absolute Gasteiger partial charge is 0.361 e. The number of hydrogen-bond acceptors (Lipinski definition) is 2. The van der Waals surface area contributed by atoms with E-state index in [1.54, 1.807) is 21.9 Å². The van der Waals surface area contributed by atoms with E-state index < -0.39 is 0 Å². The molecule has 5 aromatic rings. The van der Waals surface area contributed by atoms with E-state index in [2.05, 4.69) is 16.4 Å². The fourth-order valence-corrected chi connectivity index (χ4v) is 5.01. The van der Waals surface area contributed by atoms with Crippen molar-refractivity contribution < 1.29 is 14.0 Å². The Labute approximate surface area is 233 Å². The lowest BCUT2D eigenvalue weighted by molar-refractivity contribution is -0.132. The number of aromatic nitrogens is 1. The molecule has 6 nitrogen and oxygen atoms in total. The Kier molecular flexibility index (Phi) is 8.40. The first kappa shape index (κ1) is 26.9. The van der Waals surface area contributed by atoms with Gasteiger partial charge in [0, 0.05) is 42.1 Å². The number of para-hydroxylation sites is 1. The molecule has 0 fully saturated rings. The molecular weight excluding hydrogens is 503 g/mol. The number of amides is 3. The number of benzene rings is 4. The number of urea groups is 1. The molecule has 40 heavy (non-hydrogen) atoms. The fourth-order valence-electron chi connectivity index (χ4n) is 5.01. The number of fused-ring (bicyclic) bond motifs is 2. The van der Waals surface area contributed by atoms with Crippen LogP contribution in [0, 0.1) is 5.82 Å². The van der Waals surface area contributed by atoms with Crippen molar-refractivity contribution in [2.24, 2.45) is 0 Å². The van der Waals surface area contributed by atoms with E-state index >= 15 is 0 Å². The third-order valence-corrected chi connectivity index (χ3v) is 7.10. The van der Waals surface area contributed by atoms with E-state index in [4.69, 9.17) is 0 Å². The van der Waals surface area contributed by atoms with Crippen LogP contribution >= 0.6 is 0 Å². The van der Waals surface area contributed by atoms with Crippen LogP contribution in [0.4, 0.5) is 14.9 Å². The van der Waals surface area contributed by atoms with Crippen molar-refractivity contribution in [2.45, 2.75) is 26.3 Å². The summed E-state index contributed by atoms with van der Waals surface area (Å²) in [5, 5.41) is 6.11. The first-order chi connectivity index (χ1) is 19.5. The van der Waals surface area contributed by atoms with Gasteiger partial charge in [-0.25, -0.2) is 9.18 Å². The number of nitrogens with one attached hydrogen (secondary N) is 2. The molecule has 0 saturated carbocycles. The number of carbonyl (C=O) groups excluding carboxylic acids is 2. The van der Waals surface area contributed by atoms with Crippen molar-refractivity contribution in [3.63, 3.8) is 0 Å². The predicted molar refractivity (Wildman–Crippen MR) is 159 cm³/mol. The molecule has 0 aliphatic carbocycles. The molecule has 0 aliphatic heterocycles. The van der Waals surface area contributed by atoms with Crippen LogP contribution in [0.1, 0.15) is 24.5 Å². The van der Waals surface area contributed by atoms with Crippen LogP contribution in [0.3, 0.4) is 0 Å². The first-order valence-electron chi connectivity index (χ1n) is 13.6. The van der Waals surface area contributed by atoms with Gasteiger partial charge in [0.1, 0.15) is 12.4 Å². The number of hydrogen-bond donors (Lipinski definition) is 2. The van der Waals surface area contributed by atoms with Gasteiger partial charge in [0.25, 0.3) is 0 Å². The van der Waals surface area contributed by atoms with E-state index in [-0.39, 0.29) is 24.3 Å². The van der Waals surface area contributed by atoms with Crippen LogP contribution in [0.15, 0.2) is 97.2 Å². The highest BCUT2D eigenvalue weighted by atomic mass is 19.1. The maximum atomic E-state index is 13.7. The minimum atomic E-state index is -0.320. The van der Waals surface area contributed by atoms with Crippen molar-refractivity contribution in [3.8, 4) is 0 Å². The monoisotopic (exact) mass is 536 g/mol. The normalized spacial score (nSPS) is 11.1. The minimum Gasteiger partial charge on any atom is -0.361 e. The number of aromatic amines is 1. The SMILES string of the molecule is CCCN(CC(=O)N(CCc1c[nH]c2ccccc12)Cc1ccc(F)cc1)C(=O)Nc1cccc2ccccc12. The second-order valence-electron chi connectivity index (χ2n) is 9.93. The summed E-state index contributed by atoms with van der Waals surface area (Å²) in [5.74, 6) is -0.481. The third-order valence-electron chi connectivity index (χ3n) is 7.10. The smallest absolute Gasteiger partial charge is 0.322 e. The van der Waals surface area contributed by atoms with E-state index in [0.29, 0.717) is 38.2 Å². The summed E-state index contributed by atoms with van der Waals surface area (Å²) in [6, 6.07) is 27.6. The number of nitrogens with zero attached hydrogens (tertiary/aromatic N) is 2. The van der Waals surface area contributed by atoms with Crippen molar-refractivity contribution in [1.82, 2.24) is 14.8 Å². The Morgan fingerprint density at radius 3 is 2.35 bits per heavy atom. The molecule has 1 heterocycles. The number of H-pyrrole nitrogens is 1. The van der Waals surface area contributed by atoms with Crippen molar-refractivity contribution in [1.29, 1.82) is 0 Å². The topological polar surface area (TPSA) is 68.4 Å². The number of rotatable bonds is 10. The highest BCUT2D eigenvalue weighted by Gasteiger charge is 2.22. The van der Waals surface area contributed by atoms with Gasteiger partial charge in [-0.3, -0.25) is 4.79 Å². The molecule has 0 atom stereocenters. The summed E-state index contributed by atoms with van der Waals surface area (Å²) < 4.78 is 13.6. The van der Waals surface area contributed by atoms with E-state index in [1.165, 1.54) is 12.1 Å². The molecule has 0 saturated heterocycles. The van der Waals surface area contributed by atoms with Crippen LogP contribution in [-0.2, 0) is 17.8 Å². The molecule has 0 aliphatic rings. The lowest BCUT2D eigenvalue weighted by Gasteiger charge is -2.28. The van der Waals surface area contributed by atoms with Gasteiger partial charge in [-0.1, -0.05) is 73.7 Å². The Balaban J connectivity index is 1.33. The van der Waals surface area contributed by atoms with Gasteiger partial charge in [0.15, 0.2) is 0 Å². The van der Waals surface area contributed by atoms with Gasteiger partial charge in [0.05, 0.1) is 5.69 Å². The standard InChI is InChI=1S/C33H33FN4O2/c1-2-19-38(33(40)36-31-13-7-9-25-8-3-4-10-28(25)31)23-32(39)37(22-24-14-16-27(34)17-15-24)20-18-26-21-35-30-12-6-5-11-29(26)30/h3-17,21,35H,2,18-20,22-23H2,1H3,(H,36,40). The van der Waals surface area contributed by atoms with Gasteiger partial charge in [-0.15, -0.1) is 0 Å². The maximum Gasteiger partial charge on any atom is 0.322 e. The molecule has 0 unspecified atom stereocenters. The zero-order chi connectivity index (χ0) is 27.9. The van der Waals surface area contributed by atoms with Crippen molar-refractivity contribution in [2.75, 3.05) is 25.0 Å². The molecule has 4 aromatic carbocycles. The van der Waals surface area contributed by atoms with Crippen molar-refractivity contribution in [3.05, 3.63) is 114 Å². The zero-order valence-electron chi connectivity index (χ0n) is 22.6. The van der Waals surface area contributed by atoms with Crippen LogP contribution in [0.5, 0.6) is 0 Å². The van der Waals surface area contributed by atoms with Gasteiger partial charge < -0.3 is 20.1 Å². The van der Waals surface area contributed by atoms with E-state index in [1.807, 2.05) is 73.8 Å². The van der Waals surface area contributed by atoms with Crippen LogP contribution < -0.4 is 5.32 Å². The molecule has 204 valence electrons. The van der Waals surface area contributed by atoms with Crippen molar-refractivity contribution >= 4 is 39.3 Å². The van der Waals surface area contributed by atoms with Gasteiger partial charge in [-0.2, -0.15) is 0 Å². The average molecular weight is 537 g/mol. The fraction of sp³-hybridized carbons (Fsp3) is 0.212. The second kappa shape index (κ2) is 12.5. The third kappa shape index (κ3) is 6.31. The molecule has 1 aromatic heterocycles. The van der Waals surface area contributed by atoms with E-state index in [0.717, 1.165) is 32.8 Å². The number of halogens is 1. The average Bonchev–Trinajstić information content (AvgIpc) is 3.39. The first-order valence-corrected chi connectivity index (χ1v) is 13.6. The highest BCUT2D eigenvalue weighted by Crippen LogP contribution is 2.23. The molecule has 3 amide bonds. The summed E-state index contributed by atoms with van der Waals surface area (Å²) in [5.41, 5.74) is 3.70. The lowest BCUT2D eigenvalue weighted by atomic mass is 10.1. The summed E-state index contributed by atoms with van der Waals surface area (Å²) >= 11 is 0. The molecule has 0 radical (unpaired) electrons.